The van der Waals surface area contributed by atoms with E-state index in [1.807, 2.05) is 18.2 Å². The molecule has 5 aliphatic carbocycles. The number of hydrogen-bond acceptors (Lipinski definition) is 2. The van der Waals surface area contributed by atoms with E-state index in [0.29, 0.717) is 12.8 Å². The molecule has 1 aromatic rings. The molecule has 3 nitrogen and oxygen atoms in total. The van der Waals surface area contributed by atoms with Crippen LogP contribution in [0, 0.1) is 17.3 Å². The summed E-state index contributed by atoms with van der Waals surface area (Å²) >= 11 is 0. The van der Waals surface area contributed by atoms with Crippen molar-refractivity contribution in [1.29, 1.82) is 0 Å². The number of benzene rings is 1. The maximum atomic E-state index is 13.7. The molecule has 0 aliphatic heterocycles. The average molecular weight is 447 g/mol. The maximum absolute atomic E-state index is 13.7. The van der Waals surface area contributed by atoms with Crippen LogP contribution in [0.25, 0.3) is 0 Å². The molecule has 5 aliphatic rings. The van der Waals surface area contributed by atoms with Crippen LogP contribution in [0.1, 0.15) is 69.8 Å². The van der Waals surface area contributed by atoms with Crippen molar-refractivity contribution in [2.24, 2.45) is 23.0 Å². The lowest BCUT2D eigenvalue weighted by molar-refractivity contribution is -0.145. The van der Waals surface area contributed by atoms with E-state index < -0.39 is 18.0 Å². The van der Waals surface area contributed by atoms with Gasteiger partial charge in [0.1, 0.15) is 0 Å². The first kappa shape index (κ1) is 22.0. The lowest BCUT2D eigenvalue weighted by atomic mass is 9.41. The number of carbonyl (C=O) groups excluding carboxylic acids is 1. The second-order valence-electron chi connectivity index (χ2n) is 10.9. The summed E-state index contributed by atoms with van der Waals surface area (Å²) in [5, 5.41) is 3.34. The molecule has 174 valence electrons. The van der Waals surface area contributed by atoms with Gasteiger partial charge in [0.2, 0.25) is 5.91 Å². The lowest BCUT2D eigenvalue weighted by Gasteiger charge is -2.62. The summed E-state index contributed by atoms with van der Waals surface area (Å²) in [7, 11) is 0. The van der Waals surface area contributed by atoms with Crippen molar-refractivity contribution in [1.82, 2.24) is 5.32 Å². The number of alkyl halides is 3. The van der Waals surface area contributed by atoms with Crippen LogP contribution >= 0.6 is 0 Å². The second kappa shape index (κ2) is 7.89. The van der Waals surface area contributed by atoms with Gasteiger partial charge in [-0.15, -0.1) is 0 Å². The summed E-state index contributed by atoms with van der Waals surface area (Å²) in [5.74, 6) is 0.246. The van der Waals surface area contributed by atoms with Crippen molar-refractivity contribution < 1.29 is 18.0 Å². The molecule has 1 amide bonds. The largest absolute Gasteiger partial charge is 0.392 e. The van der Waals surface area contributed by atoms with Crippen molar-refractivity contribution in [3.63, 3.8) is 0 Å². The Morgan fingerprint density at radius 2 is 1.66 bits per heavy atom. The first-order valence-electron chi connectivity index (χ1n) is 12.1. The Kier molecular flexibility index (Phi) is 5.43. The highest BCUT2D eigenvalue weighted by atomic mass is 19.4. The minimum Gasteiger partial charge on any atom is -0.353 e. The van der Waals surface area contributed by atoms with Gasteiger partial charge in [0.05, 0.1) is 11.8 Å². The van der Waals surface area contributed by atoms with E-state index in [4.69, 9.17) is 5.73 Å². The van der Waals surface area contributed by atoms with Gasteiger partial charge in [0, 0.05) is 12.1 Å². The van der Waals surface area contributed by atoms with Gasteiger partial charge < -0.3 is 11.1 Å². The van der Waals surface area contributed by atoms with Gasteiger partial charge in [0.25, 0.3) is 0 Å². The lowest BCUT2D eigenvalue weighted by Crippen LogP contribution is -2.61. The zero-order valence-corrected chi connectivity index (χ0v) is 18.5. The number of nitrogens with one attached hydrogen (secondary N) is 1. The quantitative estimate of drug-likeness (QED) is 0.609. The van der Waals surface area contributed by atoms with E-state index >= 15 is 0 Å². The average Bonchev–Trinajstić information content (AvgIpc) is 2.74. The van der Waals surface area contributed by atoms with Gasteiger partial charge in [-0.2, -0.15) is 13.2 Å². The molecule has 2 unspecified atom stereocenters. The van der Waals surface area contributed by atoms with Crippen LogP contribution in [0.2, 0.25) is 0 Å². The summed E-state index contributed by atoms with van der Waals surface area (Å²) in [4.78, 5) is 13.7. The molecule has 6 rings (SSSR count). The van der Waals surface area contributed by atoms with Gasteiger partial charge in [-0.3, -0.25) is 4.79 Å². The van der Waals surface area contributed by atoms with Crippen molar-refractivity contribution >= 4 is 5.91 Å². The predicted molar refractivity (Wildman–Crippen MR) is 118 cm³/mol. The Hall–Kier alpha value is -1.82. The summed E-state index contributed by atoms with van der Waals surface area (Å²) < 4.78 is 39.0. The minimum absolute atomic E-state index is 0.0596. The number of halogens is 3. The molecule has 2 atom stereocenters. The van der Waals surface area contributed by atoms with E-state index in [9.17, 15) is 18.0 Å². The van der Waals surface area contributed by atoms with Gasteiger partial charge >= 0.3 is 6.18 Å². The topological polar surface area (TPSA) is 55.1 Å². The molecule has 3 N–H and O–H groups in total. The SMILES string of the molecule is NC1CCC(NC(=O)C23CC4CC(c5ccccc5)(CC(C2)C4=CCC(F)(F)F)C3)CC1. The molecular weight excluding hydrogens is 413 g/mol. The molecule has 5 saturated carbocycles. The van der Waals surface area contributed by atoms with Gasteiger partial charge in [-0.25, -0.2) is 0 Å². The molecule has 5 fully saturated rings. The van der Waals surface area contributed by atoms with Crippen molar-refractivity contribution in [3.05, 3.63) is 47.5 Å². The van der Waals surface area contributed by atoms with Crippen LogP contribution in [0.5, 0.6) is 0 Å². The minimum atomic E-state index is -4.18. The molecular formula is C26H33F3N2O. The van der Waals surface area contributed by atoms with Gasteiger partial charge in [0.15, 0.2) is 0 Å². The number of carbonyl (C=O) groups is 1. The number of hydrogen-bond donors (Lipinski definition) is 2. The fourth-order valence-corrected chi connectivity index (χ4v) is 7.50. The second-order valence-corrected chi connectivity index (χ2v) is 10.9. The first-order valence-corrected chi connectivity index (χ1v) is 12.1. The third-order valence-corrected chi connectivity index (χ3v) is 8.71. The van der Waals surface area contributed by atoms with Crippen LogP contribution in [-0.2, 0) is 10.2 Å². The molecule has 0 saturated heterocycles. The van der Waals surface area contributed by atoms with Crippen LogP contribution in [0.3, 0.4) is 0 Å². The van der Waals surface area contributed by atoms with E-state index in [1.165, 1.54) is 11.6 Å². The highest BCUT2D eigenvalue weighted by Crippen LogP contribution is 2.67. The molecule has 0 radical (unpaired) electrons. The monoisotopic (exact) mass is 446 g/mol. The molecule has 6 heteroatoms. The van der Waals surface area contributed by atoms with Crippen molar-refractivity contribution in [2.75, 3.05) is 0 Å². The van der Waals surface area contributed by atoms with E-state index in [0.717, 1.165) is 50.5 Å². The highest BCUT2D eigenvalue weighted by molar-refractivity contribution is 5.84. The molecule has 4 bridgehead atoms. The Morgan fingerprint density at radius 3 is 2.25 bits per heavy atom. The van der Waals surface area contributed by atoms with Crippen molar-refractivity contribution in [3.8, 4) is 0 Å². The van der Waals surface area contributed by atoms with Crippen LogP contribution in [0.4, 0.5) is 13.2 Å². The maximum Gasteiger partial charge on any atom is 0.392 e. The highest BCUT2D eigenvalue weighted by Gasteiger charge is 2.62. The summed E-state index contributed by atoms with van der Waals surface area (Å²) in [5.41, 5.74) is 7.64. The number of nitrogens with two attached hydrogens (primary N) is 1. The summed E-state index contributed by atoms with van der Waals surface area (Å²) in [6.07, 6.45) is 3.96. The number of amides is 1. The van der Waals surface area contributed by atoms with Crippen LogP contribution in [0.15, 0.2) is 42.0 Å². The Balaban J connectivity index is 1.44. The molecule has 1 aromatic carbocycles. The van der Waals surface area contributed by atoms with E-state index in [-0.39, 0.29) is 35.2 Å². The van der Waals surface area contributed by atoms with E-state index in [1.54, 1.807) is 0 Å². The van der Waals surface area contributed by atoms with Gasteiger partial charge in [-0.05, 0) is 80.6 Å². The number of allylic oxidation sites excluding steroid dienone is 2. The predicted octanol–water partition coefficient (Wildman–Crippen LogP) is 5.40. The standard InChI is InChI=1S/C26H33F3N2O/c27-26(28,29)11-10-22-17-12-24(19-4-2-1-3-5-19)13-18(22)15-25(14-17,16-24)23(32)31-21-8-6-20(30)7-9-21/h1-5,10,17-18,20-21H,6-9,11-16,30H2,(H,31,32). The Morgan fingerprint density at radius 1 is 1.03 bits per heavy atom. The summed E-state index contributed by atoms with van der Waals surface area (Å²) in [6, 6.07) is 10.7. The van der Waals surface area contributed by atoms with Crippen molar-refractivity contribution in [2.45, 2.75) is 87.9 Å². The third kappa shape index (κ3) is 4.00. The zero-order chi connectivity index (χ0) is 22.6. The molecule has 0 spiro atoms. The third-order valence-electron chi connectivity index (χ3n) is 8.71. The molecule has 0 heterocycles. The Labute approximate surface area is 188 Å². The van der Waals surface area contributed by atoms with Crippen LogP contribution in [-0.4, -0.2) is 24.2 Å². The molecule has 0 aromatic heterocycles. The fourth-order valence-electron chi connectivity index (χ4n) is 7.50. The fraction of sp³-hybridized carbons (Fsp3) is 0.654. The van der Waals surface area contributed by atoms with Crippen LogP contribution < -0.4 is 11.1 Å². The van der Waals surface area contributed by atoms with E-state index in [2.05, 4.69) is 17.4 Å². The smallest absolute Gasteiger partial charge is 0.353 e. The first-order chi connectivity index (χ1) is 15.2. The zero-order valence-electron chi connectivity index (χ0n) is 18.5. The molecule has 32 heavy (non-hydrogen) atoms. The normalized spacial score (nSPS) is 38.6. The number of rotatable bonds is 4. The Bertz CT molecular complexity index is 868. The summed E-state index contributed by atoms with van der Waals surface area (Å²) in [6.45, 7) is 0. The van der Waals surface area contributed by atoms with Gasteiger partial charge in [-0.1, -0.05) is 42.0 Å².